The zero-order valence-electron chi connectivity index (χ0n) is 35.9. The van der Waals surface area contributed by atoms with E-state index in [1.165, 1.54) is 0 Å². The van der Waals surface area contributed by atoms with Crippen molar-refractivity contribution in [1.82, 2.24) is 0 Å². The maximum atomic E-state index is 13.5. The third-order valence-corrected chi connectivity index (χ3v) is 12.6. The molecule has 3 heterocycles. The maximum absolute atomic E-state index is 13.5. The third-order valence-electron chi connectivity index (χ3n) is 9.00. The van der Waals surface area contributed by atoms with E-state index < -0.39 is 191 Å². The summed E-state index contributed by atoms with van der Waals surface area (Å²) >= 11 is 0. The van der Waals surface area contributed by atoms with Crippen molar-refractivity contribution in [3.05, 3.63) is 46.6 Å². The fraction of sp³-hybridized carbons (Fsp3) is 0.464. The van der Waals surface area contributed by atoms with Crippen LogP contribution in [-0.2, 0) is 123 Å². The molecule has 8 N–H and O–H groups in total. The van der Waals surface area contributed by atoms with Crippen LogP contribution < -0.4 is 23.3 Å². The molecule has 1 aromatic heterocycles. The highest BCUT2D eigenvalue weighted by Crippen LogP contribution is 2.39. The molecule has 5 rings (SSSR count). The molecule has 2 aromatic carbocycles. The molecule has 75 heavy (non-hydrogen) atoms. The largest absolute Gasteiger partial charge is 0.493 e. The summed E-state index contributed by atoms with van der Waals surface area (Å²) in [5.41, 5.74) is -2.52. The van der Waals surface area contributed by atoms with Gasteiger partial charge in [-0.05, 0) is 25.1 Å². The standard InChI is InChI=1S/C28H32O39S8/c1-10-21(62-70(36,37)38)23(64-72(42,43)44)25(66-74(48,49)50)27(56-10)55-9-19-22(63-71(39,40)41)24(65-73(45,46)47)26(67-75(51,52)53)28(59-19)57-12-6-17-20(18(7-12)61-69(33,34)35)13(29)8-15(58-17)11-3-4-14(54-2)16(5-11)60-68(30,31)32/h3-8,10,19,21-28H,9H2,1-2H3,(H,30,31,32)(H,33,34,35)(H,36,37,38)(H,39,40,41)(H,42,43,44)(H,45,46,47)(H,48,49,50)(H,51,52,53)/t10-,19+,21-,22+,23+,24-,25+,26+,27+,28+/m1/s1. The predicted molar refractivity (Wildman–Crippen MR) is 227 cm³/mol. The molecule has 0 radical (unpaired) electrons. The summed E-state index contributed by atoms with van der Waals surface area (Å²) in [6, 6.07) is 4.34. The van der Waals surface area contributed by atoms with Gasteiger partial charge in [-0.15, -0.1) is 0 Å². The average Bonchev–Trinajstić information content (AvgIpc) is 3.18. The van der Waals surface area contributed by atoms with Crippen LogP contribution in [0.1, 0.15) is 6.92 Å². The van der Waals surface area contributed by atoms with Crippen LogP contribution in [0.15, 0.2) is 45.6 Å². The van der Waals surface area contributed by atoms with Crippen molar-refractivity contribution in [1.29, 1.82) is 0 Å². The molecule has 2 saturated heterocycles. The number of methoxy groups -OCH3 is 1. The number of rotatable bonds is 23. The van der Waals surface area contributed by atoms with Crippen LogP contribution in [-0.4, -0.2) is 179 Å². The minimum Gasteiger partial charge on any atom is -0.493 e. The van der Waals surface area contributed by atoms with E-state index in [1.807, 2.05) is 0 Å². The zero-order chi connectivity index (χ0) is 56.8. The molecule has 3 aromatic rings. The van der Waals surface area contributed by atoms with Crippen LogP contribution in [0.4, 0.5) is 0 Å². The molecule has 10 atom stereocenters. The first kappa shape index (κ1) is 61.6. The fourth-order valence-electron chi connectivity index (χ4n) is 6.68. The number of ether oxygens (including phenoxy) is 5. The topological polar surface area (TPSA) is 585 Å². The molecule has 0 saturated carbocycles. The molecular weight excluding hydrogens is 1220 g/mol. The van der Waals surface area contributed by atoms with Crippen LogP contribution in [0.3, 0.4) is 0 Å². The molecule has 2 fully saturated rings. The Labute approximate surface area is 420 Å². The van der Waals surface area contributed by atoms with Crippen molar-refractivity contribution in [2.75, 3.05) is 13.7 Å². The SMILES string of the molecule is COc1ccc(-c2cc(=O)c3c(OS(=O)(=O)O)cc(O[C@H]4O[C@@H](CO[C@H]5O[C@H](C)[C@@H](OS(=O)(=O)O)[C@H](OS(=O)(=O)O)[C@@H]5OS(=O)(=O)O)[C@H](OS(=O)(=O)O)[C@@H](OS(=O)(=O)O)[C@@H]4OS(=O)(=O)O)cc3o2)cc1OS(=O)(=O)O. The second-order valence-corrected chi connectivity index (χ2v) is 22.6. The van der Waals surface area contributed by atoms with E-state index in [2.05, 4.69) is 33.5 Å². The quantitative estimate of drug-likeness (QED) is 0.0434. The minimum atomic E-state index is -6.16. The number of hydrogen-bond donors (Lipinski definition) is 8. The van der Waals surface area contributed by atoms with E-state index in [9.17, 15) is 109 Å². The summed E-state index contributed by atoms with van der Waals surface area (Å²) in [6.07, 6.45) is -28.7. The minimum absolute atomic E-state index is 0.315. The molecule has 0 amide bonds. The van der Waals surface area contributed by atoms with Gasteiger partial charge in [0.05, 0.1) is 19.8 Å². The summed E-state index contributed by atoms with van der Waals surface area (Å²) < 4.78 is 335. The number of fused-ring (bicyclic) bond motifs is 1. The summed E-state index contributed by atoms with van der Waals surface area (Å²) in [4.78, 5) is 13.5. The number of benzene rings is 2. The van der Waals surface area contributed by atoms with Crippen LogP contribution in [0, 0.1) is 0 Å². The molecule has 0 spiro atoms. The van der Waals surface area contributed by atoms with Gasteiger partial charge in [0.25, 0.3) is 0 Å². The van der Waals surface area contributed by atoms with Crippen LogP contribution in [0.2, 0.25) is 0 Å². The Morgan fingerprint density at radius 1 is 0.493 bits per heavy atom. The summed E-state index contributed by atoms with van der Waals surface area (Å²) in [6.45, 7) is -1.01. The van der Waals surface area contributed by atoms with Gasteiger partial charge in [0, 0.05) is 23.8 Å². The first-order chi connectivity index (χ1) is 33.9. The van der Waals surface area contributed by atoms with Gasteiger partial charge in [-0.25, -0.2) is 25.1 Å². The lowest BCUT2D eigenvalue weighted by Crippen LogP contribution is -2.65. The monoisotopic (exact) mass is 1250 g/mol. The average molecular weight is 1250 g/mol. The first-order valence-electron chi connectivity index (χ1n) is 18.5. The Hall–Kier alpha value is -4.23. The van der Waals surface area contributed by atoms with Gasteiger partial charge in [0.1, 0.15) is 53.0 Å². The third kappa shape index (κ3) is 18.5. The first-order valence-corrected chi connectivity index (χ1v) is 29.5. The van der Waals surface area contributed by atoms with E-state index in [-0.39, 0.29) is 11.3 Å². The van der Waals surface area contributed by atoms with Crippen LogP contribution in [0.25, 0.3) is 22.3 Å². The lowest BCUT2D eigenvalue weighted by atomic mass is 9.98. The molecule has 47 heteroatoms. The van der Waals surface area contributed by atoms with E-state index in [4.69, 9.17) is 28.1 Å². The molecule has 0 aliphatic carbocycles. The van der Waals surface area contributed by atoms with Crippen LogP contribution in [0.5, 0.6) is 23.0 Å². The fourth-order valence-corrected chi connectivity index (χ4v) is 10.4. The van der Waals surface area contributed by atoms with Gasteiger partial charge in [0.15, 0.2) is 41.2 Å². The highest BCUT2D eigenvalue weighted by molar-refractivity contribution is 7.82. The maximum Gasteiger partial charge on any atom is 0.446 e. The van der Waals surface area contributed by atoms with E-state index in [0.29, 0.717) is 18.2 Å². The molecule has 426 valence electrons. The van der Waals surface area contributed by atoms with Gasteiger partial charge in [-0.3, -0.25) is 41.2 Å². The highest BCUT2D eigenvalue weighted by atomic mass is 32.3. The molecule has 0 bridgehead atoms. The zero-order valence-corrected chi connectivity index (χ0v) is 42.5. The Bertz CT molecular complexity index is 3630. The Morgan fingerprint density at radius 2 is 0.947 bits per heavy atom. The summed E-state index contributed by atoms with van der Waals surface area (Å²) in [5, 5.41) is -0.939. The van der Waals surface area contributed by atoms with Crippen molar-refractivity contribution in [2.45, 2.75) is 68.3 Å². The molecule has 2 aliphatic rings. The second kappa shape index (κ2) is 22.3. The van der Waals surface area contributed by atoms with E-state index in [1.54, 1.807) is 0 Å². The van der Waals surface area contributed by atoms with Gasteiger partial charge in [-0.2, -0.15) is 67.3 Å². The van der Waals surface area contributed by atoms with Crippen molar-refractivity contribution < 1.29 is 165 Å². The van der Waals surface area contributed by atoms with Crippen molar-refractivity contribution in [2.24, 2.45) is 0 Å². The highest BCUT2D eigenvalue weighted by Gasteiger charge is 2.57. The van der Waals surface area contributed by atoms with Crippen molar-refractivity contribution in [3.8, 4) is 34.3 Å². The van der Waals surface area contributed by atoms with Crippen molar-refractivity contribution >= 4 is 94.2 Å². The molecule has 0 unspecified atom stereocenters. The predicted octanol–water partition coefficient (Wildman–Crippen LogP) is -3.18. The Balaban J connectivity index is 1.71. The van der Waals surface area contributed by atoms with Gasteiger partial charge in [-0.1, -0.05) is 0 Å². The van der Waals surface area contributed by atoms with E-state index in [0.717, 1.165) is 32.2 Å². The Kier molecular flexibility index (Phi) is 18.3. The van der Waals surface area contributed by atoms with E-state index >= 15 is 0 Å². The molecule has 39 nitrogen and oxygen atoms in total. The van der Waals surface area contributed by atoms with Gasteiger partial charge in [0.2, 0.25) is 6.29 Å². The molecule has 2 aliphatic heterocycles. The Morgan fingerprint density at radius 3 is 1.44 bits per heavy atom. The van der Waals surface area contributed by atoms with Crippen LogP contribution >= 0.6 is 0 Å². The number of hydrogen-bond acceptors (Lipinski definition) is 31. The smallest absolute Gasteiger partial charge is 0.446 e. The second-order valence-electron chi connectivity index (χ2n) is 14.3. The van der Waals surface area contributed by atoms with Gasteiger partial charge < -0.3 is 36.5 Å². The summed E-state index contributed by atoms with van der Waals surface area (Å²) in [5.74, 6) is -4.11. The molecular formula is C28H32O39S8. The lowest BCUT2D eigenvalue weighted by Gasteiger charge is -2.45. The van der Waals surface area contributed by atoms with Crippen molar-refractivity contribution in [3.63, 3.8) is 0 Å². The summed E-state index contributed by atoms with van der Waals surface area (Å²) in [7, 11) is -46.0. The normalized spacial score (nSPS) is 25.6. The lowest BCUT2D eigenvalue weighted by molar-refractivity contribution is -0.306. The van der Waals surface area contributed by atoms with Gasteiger partial charge >= 0.3 is 83.2 Å².